The summed E-state index contributed by atoms with van der Waals surface area (Å²) in [6.45, 7) is 4.54. The number of carbonyl (C=O) groups is 3. The molecular weight excluding hydrogens is 546 g/mol. The summed E-state index contributed by atoms with van der Waals surface area (Å²) in [7, 11) is 0. The number of nitrogens with zero attached hydrogens (tertiary/aromatic N) is 1. The highest BCUT2D eigenvalue weighted by atomic mass is 35.5. The molecule has 3 aromatic rings. The van der Waals surface area contributed by atoms with Crippen LogP contribution in [0.3, 0.4) is 0 Å². The molecule has 3 unspecified atom stereocenters. The zero-order chi connectivity index (χ0) is 28.3. The monoisotopic (exact) mass is 570 g/mol. The second-order valence-electron chi connectivity index (χ2n) is 10.3. The molecule has 0 aliphatic carbocycles. The summed E-state index contributed by atoms with van der Waals surface area (Å²) in [6, 6.07) is 14.7. The van der Waals surface area contributed by atoms with Gasteiger partial charge in [-0.15, -0.1) is 0 Å². The molecule has 1 saturated heterocycles. The van der Waals surface area contributed by atoms with Crippen molar-refractivity contribution < 1.29 is 28.6 Å². The molecule has 2 N–H and O–H groups in total. The molecule has 2 amide bonds. The van der Waals surface area contributed by atoms with Crippen molar-refractivity contribution in [2.24, 2.45) is 0 Å². The van der Waals surface area contributed by atoms with Crippen molar-refractivity contribution in [2.75, 3.05) is 5.32 Å². The van der Waals surface area contributed by atoms with Gasteiger partial charge in [0.25, 0.3) is 0 Å². The summed E-state index contributed by atoms with van der Waals surface area (Å²) in [6.07, 6.45) is -0.222. The van der Waals surface area contributed by atoms with Crippen LogP contribution in [0, 0.1) is 12.7 Å². The SMILES string of the molecule is Cc1ccc(F)cc1C1N(Cl)C(=O)CC(c2cc(Cl)ccc2OC(C)(C)C(=O)O)C12C(=O)Nc1ccccc12. The Morgan fingerprint density at radius 1 is 1.13 bits per heavy atom. The van der Waals surface area contributed by atoms with Gasteiger partial charge in [0, 0.05) is 40.4 Å². The highest BCUT2D eigenvalue weighted by molar-refractivity contribution is 6.30. The van der Waals surface area contributed by atoms with Crippen molar-refractivity contribution in [3.05, 3.63) is 93.8 Å². The van der Waals surface area contributed by atoms with E-state index in [-0.39, 0.29) is 12.2 Å². The van der Waals surface area contributed by atoms with E-state index in [1.54, 1.807) is 49.4 Å². The van der Waals surface area contributed by atoms with Crippen molar-refractivity contribution in [1.82, 2.24) is 4.42 Å². The first-order valence-corrected chi connectivity index (χ1v) is 13.0. The normalized spacial score (nSPS) is 22.6. The van der Waals surface area contributed by atoms with Crippen LogP contribution in [0.4, 0.5) is 10.1 Å². The molecule has 10 heteroatoms. The van der Waals surface area contributed by atoms with Crippen LogP contribution in [0.5, 0.6) is 5.75 Å². The molecule has 202 valence electrons. The van der Waals surface area contributed by atoms with E-state index in [2.05, 4.69) is 5.32 Å². The van der Waals surface area contributed by atoms with E-state index in [1.165, 1.54) is 32.0 Å². The van der Waals surface area contributed by atoms with Gasteiger partial charge in [0.1, 0.15) is 17.0 Å². The lowest BCUT2D eigenvalue weighted by atomic mass is 9.59. The van der Waals surface area contributed by atoms with Crippen molar-refractivity contribution in [3.63, 3.8) is 0 Å². The molecule has 39 heavy (non-hydrogen) atoms. The number of aliphatic carboxylic acids is 1. The predicted molar refractivity (Wildman–Crippen MR) is 144 cm³/mol. The van der Waals surface area contributed by atoms with Gasteiger partial charge in [0.15, 0.2) is 5.60 Å². The van der Waals surface area contributed by atoms with Gasteiger partial charge in [-0.1, -0.05) is 35.9 Å². The van der Waals surface area contributed by atoms with Gasteiger partial charge >= 0.3 is 5.97 Å². The fraction of sp³-hybridized carbons (Fsp3) is 0.276. The average Bonchev–Trinajstić information content (AvgIpc) is 3.16. The zero-order valence-electron chi connectivity index (χ0n) is 21.3. The number of amides is 2. The smallest absolute Gasteiger partial charge is 0.347 e. The molecule has 0 aromatic heterocycles. The number of hydrogen-bond donors (Lipinski definition) is 2. The second-order valence-corrected chi connectivity index (χ2v) is 11.1. The van der Waals surface area contributed by atoms with Gasteiger partial charge < -0.3 is 15.2 Å². The molecule has 3 atom stereocenters. The van der Waals surface area contributed by atoms with Crippen LogP contribution >= 0.6 is 23.4 Å². The van der Waals surface area contributed by atoms with E-state index in [0.717, 1.165) is 4.42 Å². The molecule has 0 saturated carbocycles. The molecule has 3 aromatic carbocycles. The number of aryl methyl sites for hydroxylation is 1. The maximum Gasteiger partial charge on any atom is 0.347 e. The first-order valence-electron chi connectivity index (χ1n) is 12.2. The van der Waals surface area contributed by atoms with Gasteiger partial charge in [0.2, 0.25) is 11.8 Å². The molecule has 2 aliphatic heterocycles. The topological polar surface area (TPSA) is 95.9 Å². The summed E-state index contributed by atoms with van der Waals surface area (Å²) in [5.41, 5.74) is -0.725. The Hall–Kier alpha value is -3.62. The lowest BCUT2D eigenvalue weighted by Crippen LogP contribution is -2.56. The maximum absolute atomic E-state index is 14.7. The molecule has 0 bridgehead atoms. The Kier molecular flexibility index (Phi) is 6.59. The number of hydrogen-bond acceptors (Lipinski definition) is 4. The van der Waals surface area contributed by atoms with E-state index >= 15 is 0 Å². The number of piperidine rings is 1. The summed E-state index contributed by atoms with van der Waals surface area (Å²) >= 11 is 13.1. The van der Waals surface area contributed by atoms with Gasteiger partial charge in [-0.3, -0.25) is 9.59 Å². The molecular formula is C29H25Cl2FN2O5. The van der Waals surface area contributed by atoms with E-state index in [9.17, 15) is 23.9 Å². The zero-order valence-corrected chi connectivity index (χ0v) is 22.8. The Balaban J connectivity index is 1.84. The number of rotatable bonds is 5. The third kappa shape index (κ3) is 4.22. The third-order valence-electron chi connectivity index (χ3n) is 7.58. The number of anilines is 1. The Morgan fingerprint density at radius 2 is 1.85 bits per heavy atom. The maximum atomic E-state index is 14.7. The predicted octanol–water partition coefficient (Wildman–Crippen LogP) is 6.13. The Bertz CT molecular complexity index is 1530. The first-order chi connectivity index (χ1) is 18.4. The molecule has 7 nitrogen and oxygen atoms in total. The lowest BCUT2D eigenvalue weighted by Gasteiger charge is -2.49. The lowest BCUT2D eigenvalue weighted by molar-refractivity contribution is -0.152. The molecule has 5 rings (SSSR count). The number of nitrogens with one attached hydrogen (secondary N) is 1. The minimum absolute atomic E-state index is 0.152. The van der Waals surface area contributed by atoms with Crippen LogP contribution in [-0.4, -0.2) is 32.9 Å². The number of carbonyl (C=O) groups excluding carboxylic acids is 2. The van der Waals surface area contributed by atoms with Crippen molar-refractivity contribution in [3.8, 4) is 5.75 Å². The van der Waals surface area contributed by atoms with E-state index < -0.39 is 46.6 Å². The molecule has 1 spiro atoms. The van der Waals surface area contributed by atoms with Crippen LogP contribution in [0.15, 0.2) is 60.7 Å². The van der Waals surface area contributed by atoms with Crippen LogP contribution < -0.4 is 10.1 Å². The standard InChI is InChI=1S/C29H25Cl2FN2O5/c1-15-8-10-17(32)13-18(15)25-29(20-6-4-5-7-22(20)33-26(29)36)21(14-24(35)34(25)31)19-12-16(30)9-11-23(19)39-28(2,3)27(37)38/h4-13,21,25H,14H2,1-3H3,(H,33,36)(H,37,38). The van der Waals surface area contributed by atoms with Crippen LogP contribution in [0.25, 0.3) is 0 Å². The number of benzene rings is 3. The number of para-hydroxylation sites is 1. The fourth-order valence-electron chi connectivity index (χ4n) is 5.69. The number of halogens is 3. The Labute approximate surface area is 234 Å². The second kappa shape index (κ2) is 9.54. The van der Waals surface area contributed by atoms with Crippen molar-refractivity contribution >= 4 is 46.8 Å². The van der Waals surface area contributed by atoms with Gasteiger partial charge in [-0.2, -0.15) is 0 Å². The highest BCUT2D eigenvalue weighted by Crippen LogP contribution is 2.61. The van der Waals surface area contributed by atoms with Crippen molar-refractivity contribution in [1.29, 1.82) is 0 Å². The van der Waals surface area contributed by atoms with Crippen molar-refractivity contribution in [2.45, 2.75) is 50.2 Å². The van der Waals surface area contributed by atoms with E-state index in [1.807, 2.05) is 0 Å². The Morgan fingerprint density at radius 3 is 2.56 bits per heavy atom. The van der Waals surface area contributed by atoms with E-state index in [0.29, 0.717) is 33.0 Å². The number of ether oxygens (including phenoxy) is 1. The van der Waals surface area contributed by atoms with Gasteiger partial charge in [-0.05, 0) is 73.9 Å². The highest BCUT2D eigenvalue weighted by Gasteiger charge is 2.64. The summed E-state index contributed by atoms with van der Waals surface area (Å²) < 4.78 is 21.6. The van der Waals surface area contributed by atoms with E-state index in [4.69, 9.17) is 28.1 Å². The number of carboxylic acid groups (broad SMARTS) is 1. The molecule has 0 radical (unpaired) electrons. The number of carboxylic acids is 1. The minimum atomic E-state index is -1.64. The molecule has 2 aliphatic rings. The summed E-state index contributed by atoms with van der Waals surface area (Å²) in [5.74, 6) is -3.45. The van der Waals surface area contributed by atoms with Crippen LogP contribution in [0.2, 0.25) is 5.02 Å². The van der Waals surface area contributed by atoms with Crippen LogP contribution in [-0.2, 0) is 19.8 Å². The van der Waals surface area contributed by atoms with Gasteiger partial charge in [-0.25, -0.2) is 13.6 Å². The minimum Gasteiger partial charge on any atom is -0.478 e. The molecule has 1 fully saturated rings. The average molecular weight is 571 g/mol. The number of fused-ring (bicyclic) bond motifs is 2. The van der Waals surface area contributed by atoms with Crippen LogP contribution in [0.1, 0.15) is 54.5 Å². The summed E-state index contributed by atoms with van der Waals surface area (Å²) in [5, 5.41) is 13.0. The molecule has 2 heterocycles. The quantitative estimate of drug-likeness (QED) is 0.360. The fourth-order valence-corrected chi connectivity index (χ4v) is 6.19. The summed E-state index contributed by atoms with van der Waals surface area (Å²) in [4.78, 5) is 39.7. The third-order valence-corrected chi connectivity index (χ3v) is 8.20. The largest absolute Gasteiger partial charge is 0.478 e. The first kappa shape index (κ1) is 27.0. The van der Waals surface area contributed by atoms with Gasteiger partial charge in [0.05, 0.1) is 6.04 Å².